The summed E-state index contributed by atoms with van der Waals surface area (Å²) in [7, 11) is 0. The highest BCUT2D eigenvalue weighted by atomic mass is 16.1. The van der Waals surface area contributed by atoms with Gasteiger partial charge in [0.1, 0.15) is 0 Å². The summed E-state index contributed by atoms with van der Waals surface area (Å²) in [6.07, 6.45) is 7.17. The van der Waals surface area contributed by atoms with Crippen molar-refractivity contribution in [2.75, 3.05) is 29.9 Å². The second-order valence-corrected chi connectivity index (χ2v) is 9.20. The van der Waals surface area contributed by atoms with Crippen molar-refractivity contribution in [3.63, 3.8) is 0 Å². The molecule has 1 amide bonds. The number of hydrogen-bond donors (Lipinski definition) is 2. The maximum atomic E-state index is 11.9. The van der Waals surface area contributed by atoms with E-state index in [2.05, 4.69) is 90.8 Å². The van der Waals surface area contributed by atoms with Crippen LogP contribution < -0.4 is 16.0 Å². The molecule has 1 heterocycles. The standard InChI is InChI=1S/C31H37N3O/c1-3-26-25(14-15-28(31(32)35)27(26)4-2)22-24-17-20-34(21-18-24)30-13-9-8-12-29(30)33-19-16-23-10-6-5-7-11-23/h5-15,22,33H,3-4,16-21H2,1-2H3,(H2,32,35). The molecule has 35 heavy (non-hydrogen) atoms. The van der Waals surface area contributed by atoms with E-state index >= 15 is 0 Å². The number of nitrogens with zero attached hydrogens (tertiary/aromatic N) is 1. The Morgan fingerprint density at radius 3 is 2.29 bits per heavy atom. The van der Waals surface area contributed by atoms with Crippen molar-refractivity contribution in [2.45, 2.75) is 46.0 Å². The number of piperidine rings is 1. The molecule has 0 aliphatic carbocycles. The van der Waals surface area contributed by atoms with Crippen molar-refractivity contribution in [2.24, 2.45) is 5.73 Å². The predicted octanol–water partition coefficient (Wildman–Crippen LogP) is 6.25. The van der Waals surface area contributed by atoms with E-state index in [4.69, 9.17) is 5.73 Å². The molecular weight excluding hydrogens is 430 g/mol. The quantitative estimate of drug-likeness (QED) is 0.391. The predicted molar refractivity (Wildman–Crippen MR) is 148 cm³/mol. The molecule has 4 rings (SSSR count). The summed E-state index contributed by atoms with van der Waals surface area (Å²) in [6.45, 7) is 7.18. The summed E-state index contributed by atoms with van der Waals surface area (Å²) in [5.74, 6) is -0.333. The third kappa shape index (κ3) is 5.94. The van der Waals surface area contributed by atoms with Gasteiger partial charge in [0.2, 0.25) is 5.91 Å². The van der Waals surface area contributed by atoms with E-state index in [0.717, 1.165) is 57.3 Å². The van der Waals surface area contributed by atoms with Crippen molar-refractivity contribution < 1.29 is 4.79 Å². The minimum absolute atomic E-state index is 0.333. The van der Waals surface area contributed by atoms with Gasteiger partial charge in [-0.25, -0.2) is 0 Å². The van der Waals surface area contributed by atoms with Gasteiger partial charge in [0.05, 0.1) is 11.4 Å². The van der Waals surface area contributed by atoms with Crippen LogP contribution in [-0.2, 0) is 19.3 Å². The number of anilines is 2. The Morgan fingerprint density at radius 1 is 0.914 bits per heavy atom. The summed E-state index contributed by atoms with van der Waals surface area (Å²) in [6, 6.07) is 23.2. The van der Waals surface area contributed by atoms with Crippen LogP contribution in [0.3, 0.4) is 0 Å². The van der Waals surface area contributed by atoms with Crippen LogP contribution in [0, 0.1) is 0 Å². The van der Waals surface area contributed by atoms with Gasteiger partial charge >= 0.3 is 0 Å². The molecule has 4 nitrogen and oxygen atoms in total. The average Bonchev–Trinajstić information content (AvgIpc) is 2.89. The van der Waals surface area contributed by atoms with Gasteiger partial charge in [0.15, 0.2) is 0 Å². The van der Waals surface area contributed by atoms with Crippen LogP contribution >= 0.6 is 0 Å². The van der Waals surface area contributed by atoms with Crippen molar-refractivity contribution in [3.05, 3.63) is 100 Å². The SMILES string of the molecule is CCc1c(C=C2CCN(c3ccccc3NCCc3ccccc3)CC2)ccc(C(N)=O)c1CC. The largest absolute Gasteiger partial charge is 0.383 e. The zero-order valence-electron chi connectivity index (χ0n) is 21.0. The van der Waals surface area contributed by atoms with Crippen molar-refractivity contribution in [3.8, 4) is 0 Å². The zero-order chi connectivity index (χ0) is 24.6. The van der Waals surface area contributed by atoms with Crippen LogP contribution in [0.15, 0.2) is 72.3 Å². The summed E-state index contributed by atoms with van der Waals surface area (Å²) in [4.78, 5) is 14.4. The number of nitrogens with two attached hydrogens (primary N) is 1. The van der Waals surface area contributed by atoms with E-state index in [1.807, 2.05) is 6.07 Å². The number of benzene rings is 3. The van der Waals surface area contributed by atoms with Crippen molar-refractivity contribution in [1.82, 2.24) is 0 Å². The average molecular weight is 468 g/mol. The molecule has 0 atom stereocenters. The fourth-order valence-corrected chi connectivity index (χ4v) is 5.18. The Labute approximate surface area is 209 Å². The normalized spacial score (nSPS) is 13.5. The molecule has 1 aliphatic rings. The molecular formula is C31H37N3O. The first kappa shape index (κ1) is 24.6. The first-order valence-electron chi connectivity index (χ1n) is 12.9. The highest BCUT2D eigenvalue weighted by molar-refractivity contribution is 5.95. The van der Waals surface area contributed by atoms with Gasteiger partial charge in [-0.05, 0) is 72.6 Å². The number of para-hydroxylation sites is 2. The zero-order valence-corrected chi connectivity index (χ0v) is 21.0. The van der Waals surface area contributed by atoms with Crippen molar-refractivity contribution >= 4 is 23.4 Å². The van der Waals surface area contributed by atoms with Crippen LogP contribution in [0.2, 0.25) is 0 Å². The van der Waals surface area contributed by atoms with Gasteiger partial charge < -0.3 is 16.0 Å². The van der Waals surface area contributed by atoms with Gasteiger partial charge in [-0.2, -0.15) is 0 Å². The minimum Gasteiger partial charge on any atom is -0.383 e. The Hall–Kier alpha value is -3.53. The number of primary amides is 1. The van der Waals surface area contributed by atoms with E-state index in [-0.39, 0.29) is 5.91 Å². The van der Waals surface area contributed by atoms with E-state index in [1.165, 1.54) is 33.6 Å². The number of amides is 1. The van der Waals surface area contributed by atoms with Crippen LogP contribution in [-0.4, -0.2) is 25.5 Å². The molecule has 3 aromatic rings. The number of carbonyl (C=O) groups is 1. The summed E-state index contributed by atoms with van der Waals surface area (Å²) >= 11 is 0. The third-order valence-corrected chi connectivity index (χ3v) is 7.02. The Morgan fingerprint density at radius 2 is 1.60 bits per heavy atom. The summed E-state index contributed by atoms with van der Waals surface area (Å²) in [5.41, 5.74) is 15.2. The molecule has 0 spiro atoms. The van der Waals surface area contributed by atoms with Crippen LogP contribution in [0.25, 0.3) is 6.08 Å². The summed E-state index contributed by atoms with van der Waals surface area (Å²) in [5, 5.41) is 3.66. The highest BCUT2D eigenvalue weighted by Crippen LogP contribution is 2.31. The molecule has 182 valence electrons. The topological polar surface area (TPSA) is 58.4 Å². The molecule has 3 N–H and O–H groups in total. The van der Waals surface area contributed by atoms with Gasteiger partial charge in [-0.1, -0.05) is 74.0 Å². The fourth-order valence-electron chi connectivity index (χ4n) is 5.18. The molecule has 3 aromatic carbocycles. The Balaban J connectivity index is 1.44. The first-order chi connectivity index (χ1) is 17.1. The molecule has 0 saturated carbocycles. The number of nitrogens with one attached hydrogen (secondary N) is 1. The van der Waals surface area contributed by atoms with Gasteiger partial charge in [0, 0.05) is 25.2 Å². The van der Waals surface area contributed by atoms with Gasteiger partial charge in [-0.15, -0.1) is 0 Å². The van der Waals surface area contributed by atoms with Crippen LogP contribution in [0.5, 0.6) is 0 Å². The second-order valence-electron chi connectivity index (χ2n) is 9.20. The Bertz CT molecular complexity index is 1170. The maximum Gasteiger partial charge on any atom is 0.248 e. The van der Waals surface area contributed by atoms with E-state index in [1.54, 1.807) is 0 Å². The van der Waals surface area contributed by atoms with E-state index in [9.17, 15) is 4.79 Å². The first-order valence-corrected chi connectivity index (χ1v) is 12.9. The third-order valence-electron chi connectivity index (χ3n) is 7.02. The monoisotopic (exact) mass is 467 g/mol. The van der Waals surface area contributed by atoms with Gasteiger partial charge in [0.25, 0.3) is 0 Å². The highest BCUT2D eigenvalue weighted by Gasteiger charge is 2.18. The fraction of sp³-hybridized carbons (Fsp3) is 0.323. The second kappa shape index (κ2) is 11.7. The molecule has 0 bridgehead atoms. The molecule has 0 radical (unpaired) electrons. The van der Waals surface area contributed by atoms with Crippen LogP contribution in [0.1, 0.15) is 59.3 Å². The molecule has 1 aliphatic heterocycles. The minimum atomic E-state index is -0.333. The van der Waals surface area contributed by atoms with Gasteiger partial charge in [-0.3, -0.25) is 4.79 Å². The molecule has 4 heteroatoms. The Kier molecular flexibility index (Phi) is 8.25. The van der Waals surface area contributed by atoms with E-state index < -0.39 is 0 Å². The number of carbonyl (C=O) groups excluding carboxylic acids is 1. The number of rotatable bonds is 9. The number of hydrogen-bond acceptors (Lipinski definition) is 3. The molecule has 0 unspecified atom stereocenters. The molecule has 1 saturated heterocycles. The maximum absolute atomic E-state index is 11.9. The molecule has 0 aromatic heterocycles. The van der Waals surface area contributed by atoms with Crippen molar-refractivity contribution in [1.29, 1.82) is 0 Å². The lowest BCUT2D eigenvalue weighted by Crippen LogP contribution is -2.31. The lowest BCUT2D eigenvalue weighted by atomic mass is 9.90. The smallest absolute Gasteiger partial charge is 0.248 e. The lowest BCUT2D eigenvalue weighted by molar-refractivity contribution is 0.0999. The lowest BCUT2D eigenvalue weighted by Gasteiger charge is -2.32. The molecule has 1 fully saturated rings. The summed E-state index contributed by atoms with van der Waals surface area (Å²) < 4.78 is 0. The van der Waals surface area contributed by atoms with Crippen LogP contribution in [0.4, 0.5) is 11.4 Å². The van der Waals surface area contributed by atoms with E-state index in [0.29, 0.717) is 5.56 Å².